The molecule has 0 amide bonds. The third-order valence-electron chi connectivity index (χ3n) is 3.56. The van der Waals surface area contributed by atoms with Gasteiger partial charge in [-0.25, -0.2) is 9.78 Å². The summed E-state index contributed by atoms with van der Waals surface area (Å²) in [6.07, 6.45) is 3.39. The number of ether oxygens (including phenoxy) is 1. The van der Waals surface area contributed by atoms with Crippen LogP contribution in [-0.2, 0) is 6.54 Å². The molecule has 0 radical (unpaired) electrons. The summed E-state index contributed by atoms with van der Waals surface area (Å²) in [5, 5.41) is 3.21. The van der Waals surface area contributed by atoms with Gasteiger partial charge in [0.05, 0.1) is 13.7 Å². The van der Waals surface area contributed by atoms with E-state index in [1.54, 1.807) is 17.9 Å². The first-order chi connectivity index (χ1) is 10.0. The molecule has 0 spiro atoms. The number of methoxy groups -OCH3 is 1. The Hall–Kier alpha value is -2.14. The molecule has 0 saturated carbocycles. The number of hydrogen-bond acceptors (Lipinski definition) is 4. The van der Waals surface area contributed by atoms with Gasteiger partial charge in [0, 0.05) is 24.0 Å². The smallest absolute Gasteiger partial charge is 0.347 e. The number of nitrogens with one attached hydrogen (secondary N) is 1. The molecule has 112 valence electrons. The Morgan fingerprint density at radius 3 is 2.86 bits per heavy atom. The summed E-state index contributed by atoms with van der Waals surface area (Å²) in [7, 11) is 3.56. The first kappa shape index (κ1) is 15.3. The number of hydrogen-bond donors (Lipinski definition) is 1. The Morgan fingerprint density at radius 2 is 2.19 bits per heavy atom. The molecule has 1 heterocycles. The third kappa shape index (κ3) is 3.49. The summed E-state index contributed by atoms with van der Waals surface area (Å²) < 4.78 is 7.00. The highest BCUT2D eigenvalue weighted by molar-refractivity contribution is 5.38. The van der Waals surface area contributed by atoms with Crippen LogP contribution in [0.3, 0.4) is 0 Å². The normalized spacial score (nSPS) is 12.2. The molecule has 1 aromatic carbocycles. The van der Waals surface area contributed by atoms with Crippen molar-refractivity contribution in [1.29, 1.82) is 0 Å². The molecule has 2 rings (SSSR count). The highest BCUT2D eigenvalue weighted by Gasteiger charge is 2.10. The standard InChI is InChI=1S/C16H21N3O2/c1-11-8-18-16(20)19(9-11)10-14-7-13(12(2)17-3)5-6-15(14)21-4/h5-9,12,17H,10H2,1-4H3. The van der Waals surface area contributed by atoms with Gasteiger partial charge in [0.2, 0.25) is 0 Å². The van der Waals surface area contributed by atoms with Crippen molar-refractivity contribution in [2.24, 2.45) is 0 Å². The molecule has 1 aromatic heterocycles. The van der Waals surface area contributed by atoms with E-state index in [0.717, 1.165) is 22.4 Å². The van der Waals surface area contributed by atoms with Crippen LogP contribution in [-0.4, -0.2) is 23.7 Å². The minimum Gasteiger partial charge on any atom is -0.496 e. The Balaban J connectivity index is 2.41. The minimum atomic E-state index is -0.255. The van der Waals surface area contributed by atoms with Crippen LogP contribution in [0.4, 0.5) is 0 Å². The van der Waals surface area contributed by atoms with Crippen molar-refractivity contribution in [3.05, 3.63) is 57.8 Å². The zero-order valence-electron chi connectivity index (χ0n) is 12.9. The van der Waals surface area contributed by atoms with Crippen LogP contribution in [0.1, 0.15) is 29.7 Å². The largest absolute Gasteiger partial charge is 0.496 e. The van der Waals surface area contributed by atoms with E-state index in [0.29, 0.717) is 6.54 Å². The van der Waals surface area contributed by atoms with E-state index in [4.69, 9.17) is 4.74 Å². The van der Waals surface area contributed by atoms with E-state index in [9.17, 15) is 4.79 Å². The van der Waals surface area contributed by atoms with Gasteiger partial charge in [-0.2, -0.15) is 0 Å². The Labute approximate surface area is 124 Å². The zero-order chi connectivity index (χ0) is 15.4. The van der Waals surface area contributed by atoms with Gasteiger partial charge in [0.25, 0.3) is 0 Å². The molecule has 1 unspecified atom stereocenters. The molecule has 5 heteroatoms. The summed E-state index contributed by atoms with van der Waals surface area (Å²) in [6, 6.07) is 6.27. The average molecular weight is 287 g/mol. The van der Waals surface area contributed by atoms with Crippen LogP contribution >= 0.6 is 0 Å². The first-order valence-electron chi connectivity index (χ1n) is 6.92. The molecule has 0 bridgehead atoms. The van der Waals surface area contributed by atoms with Gasteiger partial charge in [0.1, 0.15) is 5.75 Å². The number of rotatable bonds is 5. The monoisotopic (exact) mass is 287 g/mol. The van der Waals surface area contributed by atoms with E-state index >= 15 is 0 Å². The lowest BCUT2D eigenvalue weighted by molar-refractivity contribution is 0.407. The molecular weight excluding hydrogens is 266 g/mol. The third-order valence-corrected chi connectivity index (χ3v) is 3.56. The quantitative estimate of drug-likeness (QED) is 0.912. The Morgan fingerprint density at radius 1 is 1.43 bits per heavy atom. The van der Waals surface area contributed by atoms with Gasteiger partial charge < -0.3 is 10.1 Å². The zero-order valence-corrected chi connectivity index (χ0v) is 12.9. The van der Waals surface area contributed by atoms with Crippen molar-refractivity contribution in [2.75, 3.05) is 14.2 Å². The second-order valence-electron chi connectivity index (χ2n) is 5.12. The lowest BCUT2D eigenvalue weighted by Crippen LogP contribution is -2.23. The van der Waals surface area contributed by atoms with Crippen molar-refractivity contribution in [3.63, 3.8) is 0 Å². The summed E-state index contributed by atoms with van der Waals surface area (Å²) in [6.45, 7) is 4.45. The van der Waals surface area contributed by atoms with Crippen molar-refractivity contribution >= 4 is 0 Å². The van der Waals surface area contributed by atoms with Crippen LogP contribution in [0.2, 0.25) is 0 Å². The molecule has 21 heavy (non-hydrogen) atoms. The van der Waals surface area contributed by atoms with Gasteiger partial charge in [-0.15, -0.1) is 0 Å². The Bertz CT molecular complexity index is 679. The maximum atomic E-state index is 11.8. The van der Waals surface area contributed by atoms with Crippen LogP contribution in [0, 0.1) is 6.92 Å². The number of nitrogens with zero attached hydrogens (tertiary/aromatic N) is 2. The summed E-state index contributed by atoms with van der Waals surface area (Å²) in [5.41, 5.74) is 2.82. The molecule has 0 aliphatic heterocycles. The van der Waals surface area contributed by atoms with Gasteiger partial charge in [-0.1, -0.05) is 6.07 Å². The predicted octanol–water partition coefficient (Wildman–Crippen LogP) is 1.89. The average Bonchev–Trinajstić information content (AvgIpc) is 2.50. The van der Waals surface area contributed by atoms with Crippen LogP contribution < -0.4 is 15.7 Å². The molecular formula is C16H21N3O2. The predicted molar refractivity (Wildman–Crippen MR) is 82.8 cm³/mol. The van der Waals surface area contributed by atoms with Crippen molar-refractivity contribution in [1.82, 2.24) is 14.9 Å². The maximum absolute atomic E-state index is 11.8. The van der Waals surface area contributed by atoms with Crippen LogP contribution in [0.5, 0.6) is 5.75 Å². The second-order valence-corrected chi connectivity index (χ2v) is 5.12. The van der Waals surface area contributed by atoms with E-state index in [1.165, 1.54) is 0 Å². The summed E-state index contributed by atoms with van der Waals surface area (Å²) in [5.74, 6) is 0.774. The molecule has 0 fully saturated rings. The lowest BCUT2D eigenvalue weighted by Gasteiger charge is -2.15. The fourth-order valence-electron chi connectivity index (χ4n) is 2.22. The fourth-order valence-corrected chi connectivity index (χ4v) is 2.22. The number of benzene rings is 1. The minimum absolute atomic E-state index is 0.238. The summed E-state index contributed by atoms with van der Waals surface area (Å²) in [4.78, 5) is 15.7. The van der Waals surface area contributed by atoms with E-state index < -0.39 is 0 Å². The lowest BCUT2D eigenvalue weighted by atomic mass is 10.0. The van der Waals surface area contributed by atoms with E-state index in [2.05, 4.69) is 23.3 Å². The molecule has 0 aliphatic carbocycles. The Kier molecular flexibility index (Phi) is 4.75. The first-order valence-corrected chi connectivity index (χ1v) is 6.92. The summed E-state index contributed by atoms with van der Waals surface area (Å²) >= 11 is 0. The number of aromatic nitrogens is 2. The van der Waals surface area contributed by atoms with Gasteiger partial charge in [-0.3, -0.25) is 4.57 Å². The van der Waals surface area contributed by atoms with Crippen LogP contribution in [0.25, 0.3) is 0 Å². The fraction of sp³-hybridized carbons (Fsp3) is 0.375. The molecule has 0 aliphatic rings. The highest BCUT2D eigenvalue weighted by atomic mass is 16.5. The van der Waals surface area contributed by atoms with Gasteiger partial charge >= 0.3 is 5.69 Å². The van der Waals surface area contributed by atoms with E-state index in [-0.39, 0.29) is 11.7 Å². The van der Waals surface area contributed by atoms with Gasteiger partial charge in [0.15, 0.2) is 0 Å². The van der Waals surface area contributed by atoms with Crippen molar-refractivity contribution in [3.8, 4) is 5.75 Å². The second kappa shape index (κ2) is 6.54. The highest BCUT2D eigenvalue weighted by Crippen LogP contribution is 2.23. The molecule has 1 N–H and O–H groups in total. The van der Waals surface area contributed by atoms with E-state index in [1.807, 2.05) is 32.3 Å². The van der Waals surface area contributed by atoms with Crippen LogP contribution in [0.15, 0.2) is 35.4 Å². The molecule has 5 nitrogen and oxygen atoms in total. The van der Waals surface area contributed by atoms with Crippen molar-refractivity contribution in [2.45, 2.75) is 26.4 Å². The van der Waals surface area contributed by atoms with Gasteiger partial charge in [-0.05, 0) is 44.2 Å². The topological polar surface area (TPSA) is 56.1 Å². The number of aryl methyl sites for hydroxylation is 1. The molecule has 1 atom stereocenters. The van der Waals surface area contributed by atoms with Crippen molar-refractivity contribution < 1.29 is 4.74 Å². The maximum Gasteiger partial charge on any atom is 0.347 e. The molecule has 0 saturated heterocycles. The SMILES string of the molecule is CNC(C)c1ccc(OC)c(Cn2cc(C)cnc2=O)c1. The molecule has 2 aromatic rings.